The number of amides is 1. The Hall–Kier alpha value is -2.26. The van der Waals surface area contributed by atoms with Gasteiger partial charge in [0.25, 0.3) is 5.91 Å². The molecular formula is C27H33F4N3OS. The molecule has 1 amide bonds. The highest BCUT2D eigenvalue weighted by atomic mass is 32.2. The summed E-state index contributed by atoms with van der Waals surface area (Å²) in [5, 5.41) is 3.02. The lowest BCUT2D eigenvalue weighted by Crippen LogP contribution is -2.49. The number of carbonyl (C=O) groups is 1. The van der Waals surface area contributed by atoms with Gasteiger partial charge in [-0.2, -0.15) is 0 Å². The maximum atomic E-state index is 15.0. The van der Waals surface area contributed by atoms with Crippen molar-refractivity contribution in [2.45, 2.75) is 74.1 Å². The van der Waals surface area contributed by atoms with Crippen molar-refractivity contribution < 1.29 is 22.4 Å². The molecular weight excluding hydrogens is 490 g/mol. The lowest BCUT2D eigenvalue weighted by Gasteiger charge is -2.35. The first-order valence-electron chi connectivity index (χ1n) is 12.6. The number of nitrogens with zero attached hydrogens (tertiary/aromatic N) is 1. The zero-order valence-electron chi connectivity index (χ0n) is 20.2. The zero-order chi connectivity index (χ0) is 25.5. The number of likely N-dealkylation sites (tertiary alicyclic amines) is 1. The van der Waals surface area contributed by atoms with E-state index in [1.165, 1.54) is 0 Å². The molecule has 0 spiro atoms. The van der Waals surface area contributed by atoms with Gasteiger partial charge in [0.2, 0.25) is 0 Å². The predicted octanol–water partition coefficient (Wildman–Crippen LogP) is 6.22. The minimum absolute atomic E-state index is 0.152. The average Bonchev–Trinajstić information content (AvgIpc) is 2.85. The Morgan fingerprint density at radius 2 is 1.72 bits per heavy atom. The topological polar surface area (TPSA) is 44.4 Å². The standard InChI is InChI=1S/C27H33F4N3OS/c28-20-17-34(18-20)14-11-21(10-9-19-7-3-1-4-8-19)32-25-23(29)15-22(16-24(25)30)36-33-26(35)27(31)12-5-2-6-13-27/h1,3-4,7-8,15-16,20-21,32H,2,5-6,9-14,17-18H2,(H,33,35). The highest BCUT2D eigenvalue weighted by Crippen LogP contribution is 2.33. The second-order valence-electron chi connectivity index (χ2n) is 9.83. The fourth-order valence-electron chi connectivity index (χ4n) is 4.79. The molecule has 4 nitrogen and oxygen atoms in total. The Morgan fingerprint density at radius 1 is 1.06 bits per heavy atom. The van der Waals surface area contributed by atoms with Gasteiger partial charge in [0, 0.05) is 30.6 Å². The van der Waals surface area contributed by atoms with Gasteiger partial charge in [0.05, 0.1) is 0 Å². The SMILES string of the molecule is O=C(NSc1cc(F)c(NC(CCc2ccccc2)CCN2CC(F)C2)c(F)c1)C1(F)CCCCC1. The van der Waals surface area contributed by atoms with E-state index >= 15 is 0 Å². The van der Waals surface area contributed by atoms with Crippen LogP contribution in [0.2, 0.25) is 0 Å². The molecule has 1 saturated carbocycles. The van der Waals surface area contributed by atoms with Crippen molar-refractivity contribution in [2.24, 2.45) is 0 Å². The Labute approximate surface area is 214 Å². The molecule has 0 bridgehead atoms. The Balaban J connectivity index is 1.38. The fraction of sp³-hybridized carbons (Fsp3) is 0.519. The number of hydrogen-bond acceptors (Lipinski definition) is 4. The van der Waals surface area contributed by atoms with Crippen LogP contribution in [0.4, 0.5) is 23.2 Å². The largest absolute Gasteiger partial charge is 0.378 e. The number of halogens is 4. The summed E-state index contributed by atoms with van der Waals surface area (Å²) in [6, 6.07) is 11.9. The molecule has 1 atom stereocenters. The Morgan fingerprint density at radius 3 is 2.36 bits per heavy atom. The number of rotatable bonds is 11. The summed E-state index contributed by atoms with van der Waals surface area (Å²) in [5.41, 5.74) is -1.02. The van der Waals surface area contributed by atoms with Gasteiger partial charge in [0.15, 0.2) is 5.67 Å². The lowest BCUT2D eigenvalue weighted by molar-refractivity contribution is -0.132. The molecule has 0 aromatic heterocycles. The number of nitrogens with one attached hydrogen (secondary N) is 2. The van der Waals surface area contributed by atoms with Crippen molar-refractivity contribution >= 4 is 23.5 Å². The smallest absolute Gasteiger partial charge is 0.267 e. The third-order valence-electron chi connectivity index (χ3n) is 7.01. The van der Waals surface area contributed by atoms with Gasteiger partial charge in [-0.25, -0.2) is 17.6 Å². The van der Waals surface area contributed by atoms with Gasteiger partial charge in [-0.1, -0.05) is 36.8 Å². The number of alkyl halides is 2. The molecule has 36 heavy (non-hydrogen) atoms. The van der Waals surface area contributed by atoms with Crippen LogP contribution in [0.25, 0.3) is 0 Å². The van der Waals surface area contributed by atoms with Crippen LogP contribution >= 0.6 is 11.9 Å². The molecule has 196 valence electrons. The molecule has 9 heteroatoms. The van der Waals surface area contributed by atoms with E-state index in [0.29, 0.717) is 45.3 Å². The summed E-state index contributed by atoms with van der Waals surface area (Å²) in [6.07, 6.45) is 3.73. The van der Waals surface area contributed by atoms with E-state index in [0.717, 1.165) is 42.5 Å². The van der Waals surface area contributed by atoms with Gasteiger partial charge in [-0.3, -0.25) is 14.4 Å². The van der Waals surface area contributed by atoms with Crippen LogP contribution in [0.5, 0.6) is 0 Å². The highest BCUT2D eigenvalue weighted by molar-refractivity contribution is 7.98. The van der Waals surface area contributed by atoms with E-state index in [2.05, 4.69) is 10.0 Å². The molecule has 0 radical (unpaired) electrons. The average molecular weight is 524 g/mol. The van der Waals surface area contributed by atoms with Crippen molar-refractivity contribution in [3.8, 4) is 0 Å². The third-order valence-corrected chi connectivity index (χ3v) is 7.77. The predicted molar refractivity (Wildman–Crippen MR) is 135 cm³/mol. The lowest BCUT2D eigenvalue weighted by atomic mass is 9.86. The third kappa shape index (κ3) is 7.16. The number of hydrogen-bond donors (Lipinski definition) is 2. The molecule has 4 rings (SSSR count). The number of anilines is 1. The summed E-state index contributed by atoms with van der Waals surface area (Å²) < 4.78 is 60.3. The van der Waals surface area contributed by atoms with Gasteiger partial charge in [-0.15, -0.1) is 0 Å². The van der Waals surface area contributed by atoms with Crippen molar-refractivity contribution in [1.29, 1.82) is 0 Å². The van der Waals surface area contributed by atoms with Crippen LogP contribution in [-0.4, -0.2) is 48.3 Å². The molecule has 2 N–H and O–H groups in total. The summed E-state index contributed by atoms with van der Waals surface area (Å²) in [6.45, 7) is 1.43. The van der Waals surface area contributed by atoms with Crippen LogP contribution in [-0.2, 0) is 11.2 Å². The van der Waals surface area contributed by atoms with Crippen molar-refractivity contribution in [2.75, 3.05) is 25.0 Å². The van der Waals surface area contributed by atoms with Crippen LogP contribution < -0.4 is 10.0 Å². The molecule has 1 unspecified atom stereocenters. The normalized spacial score (nSPS) is 18.9. The number of benzene rings is 2. The first-order valence-corrected chi connectivity index (χ1v) is 13.5. The Kier molecular flexibility index (Phi) is 9.17. The second kappa shape index (κ2) is 12.3. The van der Waals surface area contributed by atoms with E-state index in [1.54, 1.807) is 0 Å². The quantitative estimate of drug-likeness (QED) is 0.271. The van der Waals surface area contributed by atoms with Crippen molar-refractivity contribution in [3.63, 3.8) is 0 Å². The minimum Gasteiger partial charge on any atom is -0.378 e. The fourth-order valence-corrected chi connectivity index (χ4v) is 5.51. The van der Waals surface area contributed by atoms with Crippen LogP contribution in [0.3, 0.4) is 0 Å². The van der Waals surface area contributed by atoms with Gasteiger partial charge in [-0.05, 0) is 74.6 Å². The first-order chi connectivity index (χ1) is 17.3. The Bertz CT molecular complexity index is 990. The molecule has 1 saturated heterocycles. The first kappa shape index (κ1) is 26.8. The van der Waals surface area contributed by atoms with E-state index in [1.807, 2.05) is 35.2 Å². The molecule has 1 aliphatic heterocycles. The zero-order valence-corrected chi connectivity index (χ0v) is 21.1. The van der Waals surface area contributed by atoms with Gasteiger partial charge < -0.3 is 5.32 Å². The van der Waals surface area contributed by atoms with Crippen LogP contribution in [0.1, 0.15) is 50.5 Å². The minimum atomic E-state index is -1.92. The van der Waals surface area contributed by atoms with Crippen molar-refractivity contribution in [3.05, 3.63) is 59.7 Å². The summed E-state index contributed by atoms with van der Waals surface area (Å²) in [5.74, 6) is -2.31. The molecule has 1 heterocycles. The highest BCUT2D eigenvalue weighted by Gasteiger charge is 2.39. The van der Waals surface area contributed by atoms with Crippen LogP contribution in [0.15, 0.2) is 47.4 Å². The molecule has 2 aliphatic rings. The van der Waals surface area contributed by atoms with E-state index in [9.17, 15) is 22.4 Å². The molecule has 2 aromatic carbocycles. The number of carbonyl (C=O) groups excluding carboxylic acids is 1. The molecule has 2 aromatic rings. The van der Waals surface area contributed by atoms with Crippen molar-refractivity contribution in [1.82, 2.24) is 9.62 Å². The van der Waals surface area contributed by atoms with Gasteiger partial charge in [0.1, 0.15) is 23.5 Å². The van der Waals surface area contributed by atoms with E-state index in [4.69, 9.17) is 0 Å². The summed E-state index contributed by atoms with van der Waals surface area (Å²) in [4.78, 5) is 14.4. The van der Waals surface area contributed by atoms with Crippen LogP contribution in [0, 0.1) is 11.6 Å². The summed E-state index contributed by atoms with van der Waals surface area (Å²) >= 11 is 0.720. The van der Waals surface area contributed by atoms with Gasteiger partial charge >= 0.3 is 0 Å². The maximum absolute atomic E-state index is 15.0. The summed E-state index contributed by atoms with van der Waals surface area (Å²) in [7, 11) is 0. The van der Waals surface area contributed by atoms with E-state index in [-0.39, 0.29) is 29.5 Å². The maximum Gasteiger partial charge on any atom is 0.267 e. The second-order valence-corrected chi connectivity index (χ2v) is 10.7. The molecule has 2 fully saturated rings. The van der Waals surface area contributed by atoms with E-state index < -0.39 is 29.4 Å². The molecule has 1 aliphatic carbocycles. The number of aryl methyl sites for hydroxylation is 1. The monoisotopic (exact) mass is 523 g/mol.